The average Bonchev–Trinajstić information content (AvgIpc) is 2.66. The maximum atomic E-state index is 11.0. The summed E-state index contributed by atoms with van der Waals surface area (Å²) in [5, 5.41) is 13.3. The summed E-state index contributed by atoms with van der Waals surface area (Å²) < 4.78 is 6.25. The van der Waals surface area contributed by atoms with E-state index in [0.29, 0.717) is 0 Å². The molecule has 0 aliphatic heterocycles. The number of rotatable bonds is 3. The van der Waals surface area contributed by atoms with Gasteiger partial charge in [-0.2, -0.15) is 0 Å². The minimum absolute atomic E-state index is 0.0508. The van der Waals surface area contributed by atoms with Crippen molar-refractivity contribution in [1.29, 1.82) is 0 Å². The Kier molecular flexibility index (Phi) is 5.73. The highest BCUT2D eigenvalue weighted by Crippen LogP contribution is 2.41. The Balaban J connectivity index is 2.13. The van der Waals surface area contributed by atoms with Gasteiger partial charge < -0.3 is 9.84 Å². The van der Waals surface area contributed by atoms with Gasteiger partial charge in [-0.3, -0.25) is 0 Å². The smallest absolute Gasteiger partial charge is 0.285 e. The number of ether oxygens (including phenoxy) is 1. The van der Waals surface area contributed by atoms with Crippen LogP contribution in [-0.2, 0) is 10.8 Å². The quantitative estimate of drug-likeness (QED) is 0.449. The van der Waals surface area contributed by atoms with Gasteiger partial charge in [-0.15, -0.1) is 0 Å². The van der Waals surface area contributed by atoms with Gasteiger partial charge in [0.05, 0.1) is 0 Å². The van der Waals surface area contributed by atoms with E-state index < -0.39 is 0 Å². The molecule has 0 atom stereocenters. The summed E-state index contributed by atoms with van der Waals surface area (Å²) in [6.45, 7) is 17.1. The number of benzene rings is 3. The van der Waals surface area contributed by atoms with Crippen molar-refractivity contribution in [3.8, 4) is 5.75 Å². The summed E-state index contributed by atoms with van der Waals surface area (Å²) >= 11 is 0. The molecule has 30 heavy (non-hydrogen) atoms. The van der Waals surface area contributed by atoms with Crippen LogP contribution in [0.4, 0.5) is 0 Å². The van der Waals surface area contributed by atoms with Crippen LogP contribution in [0.3, 0.4) is 0 Å². The van der Waals surface area contributed by atoms with Gasteiger partial charge in [0.1, 0.15) is 5.75 Å². The Bertz CT molecular complexity index is 1070. The molecule has 2 nitrogen and oxygen atoms in total. The van der Waals surface area contributed by atoms with Crippen LogP contribution in [-0.4, -0.2) is 5.11 Å². The zero-order valence-electron chi connectivity index (χ0n) is 19.6. The SMILES string of the molecule is C/C(=C(/O)Oc1c(C(C)(C)C)cc(C)cc1C(C)(C)C)c1ccc2ccccc2c1. The molecule has 3 aromatic rings. The molecule has 3 aromatic carbocycles. The van der Waals surface area contributed by atoms with Gasteiger partial charge in [0.15, 0.2) is 0 Å². The summed E-state index contributed by atoms with van der Waals surface area (Å²) in [6.07, 6.45) is 0. The molecule has 0 spiro atoms. The van der Waals surface area contributed by atoms with E-state index in [0.717, 1.165) is 33.4 Å². The van der Waals surface area contributed by atoms with Crippen molar-refractivity contribution in [2.75, 3.05) is 0 Å². The zero-order chi connectivity index (χ0) is 22.3. The second-order valence-electron chi connectivity index (χ2n) is 10.3. The summed E-state index contributed by atoms with van der Waals surface area (Å²) in [4.78, 5) is 0. The first kappa shape index (κ1) is 22.0. The van der Waals surface area contributed by atoms with Crippen molar-refractivity contribution in [3.05, 3.63) is 82.8 Å². The highest BCUT2D eigenvalue weighted by molar-refractivity contribution is 5.86. The van der Waals surface area contributed by atoms with Crippen LogP contribution in [0.1, 0.15) is 70.7 Å². The summed E-state index contributed by atoms with van der Waals surface area (Å²) in [5.74, 6) is 0.711. The Hall–Kier alpha value is -2.74. The molecule has 0 radical (unpaired) electrons. The molecule has 0 aliphatic carbocycles. The van der Waals surface area contributed by atoms with E-state index >= 15 is 0 Å². The molecule has 3 rings (SSSR count). The molecule has 0 heterocycles. The van der Waals surface area contributed by atoms with E-state index in [2.05, 4.69) is 84.9 Å². The molecule has 0 saturated heterocycles. The van der Waals surface area contributed by atoms with E-state index in [1.165, 1.54) is 10.9 Å². The average molecular weight is 403 g/mol. The molecule has 2 heteroatoms. The van der Waals surface area contributed by atoms with Gasteiger partial charge in [-0.25, -0.2) is 0 Å². The number of aliphatic hydroxyl groups is 1. The van der Waals surface area contributed by atoms with Crippen molar-refractivity contribution in [2.45, 2.75) is 66.2 Å². The van der Waals surface area contributed by atoms with E-state index in [9.17, 15) is 5.11 Å². The van der Waals surface area contributed by atoms with Crippen LogP contribution in [0.15, 0.2) is 60.5 Å². The first-order chi connectivity index (χ1) is 13.9. The third kappa shape index (κ3) is 4.53. The normalized spacial score (nSPS) is 13.3. The largest absolute Gasteiger partial charge is 0.480 e. The maximum absolute atomic E-state index is 11.0. The molecular weight excluding hydrogens is 368 g/mol. The fourth-order valence-corrected chi connectivity index (χ4v) is 3.72. The fraction of sp³-hybridized carbons (Fsp3) is 0.357. The van der Waals surface area contributed by atoms with Gasteiger partial charge in [-0.1, -0.05) is 95.6 Å². The van der Waals surface area contributed by atoms with Crippen LogP contribution in [0.25, 0.3) is 16.3 Å². The second-order valence-corrected chi connectivity index (χ2v) is 10.3. The Labute approximate surface area is 181 Å². The topological polar surface area (TPSA) is 29.5 Å². The summed E-state index contributed by atoms with van der Waals surface area (Å²) in [5.41, 5.74) is 4.85. The number of fused-ring (bicyclic) bond motifs is 1. The number of hydrogen-bond donors (Lipinski definition) is 1. The van der Waals surface area contributed by atoms with Crippen LogP contribution in [0.5, 0.6) is 5.75 Å². The first-order valence-corrected chi connectivity index (χ1v) is 10.6. The third-order valence-electron chi connectivity index (χ3n) is 5.55. The van der Waals surface area contributed by atoms with Gasteiger partial charge in [-0.05, 0) is 47.1 Å². The third-order valence-corrected chi connectivity index (χ3v) is 5.55. The van der Waals surface area contributed by atoms with Crippen molar-refractivity contribution >= 4 is 16.3 Å². The lowest BCUT2D eigenvalue weighted by Crippen LogP contribution is -2.20. The summed E-state index contributed by atoms with van der Waals surface area (Å²) in [7, 11) is 0. The molecule has 1 N–H and O–H groups in total. The monoisotopic (exact) mass is 402 g/mol. The van der Waals surface area contributed by atoms with Crippen molar-refractivity contribution < 1.29 is 9.84 Å². The summed E-state index contributed by atoms with van der Waals surface area (Å²) in [6, 6.07) is 18.8. The Morgan fingerprint density at radius 3 is 1.83 bits per heavy atom. The molecule has 0 aromatic heterocycles. The highest BCUT2D eigenvalue weighted by Gasteiger charge is 2.28. The van der Waals surface area contributed by atoms with E-state index in [4.69, 9.17) is 4.74 Å². The van der Waals surface area contributed by atoms with Gasteiger partial charge in [0.2, 0.25) is 0 Å². The van der Waals surface area contributed by atoms with Crippen LogP contribution < -0.4 is 4.74 Å². The highest BCUT2D eigenvalue weighted by atomic mass is 16.6. The van der Waals surface area contributed by atoms with Gasteiger partial charge >= 0.3 is 0 Å². The predicted octanol–water partition coefficient (Wildman–Crippen LogP) is 8.07. The predicted molar refractivity (Wildman–Crippen MR) is 128 cm³/mol. The minimum Gasteiger partial charge on any atom is -0.480 e. The second kappa shape index (κ2) is 7.83. The van der Waals surface area contributed by atoms with Gasteiger partial charge in [0, 0.05) is 16.7 Å². The van der Waals surface area contributed by atoms with E-state index in [-0.39, 0.29) is 16.8 Å². The number of aliphatic hydroxyl groups excluding tert-OH is 1. The van der Waals surface area contributed by atoms with Crippen LogP contribution in [0, 0.1) is 6.92 Å². The Morgan fingerprint density at radius 2 is 1.30 bits per heavy atom. The zero-order valence-corrected chi connectivity index (χ0v) is 19.6. The fourth-order valence-electron chi connectivity index (χ4n) is 3.72. The van der Waals surface area contributed by atoms with E-state index in [1.807, 2.05) is 25.1 Å². The van der Waals surface area contributed by atoms with Crippen molar-refractivity contribution in [2.24, 2.45) is 0 Å². The van der Waals surface area contributed by atoms with Crippen molar-refractivity contribution in [1.82, 2.24) is 0 Å². The number of hydrogen-bond acceptors (Lipinski definition) is 2. The lowest BCUT2D eigenvalue weighted by Gasteiger charge is -2.30. The lowest BCUT2D eigenvalue weighted by atomic mass is 9.78. The molecule has 0 saturated carbocycles. The number of aryl methyl sites for hydroxylation is 1. The standard InChI is InChI=1S/C28H34O2/c1-18-15-23(27(3,4)5)25(24(16-18)28(6,7)8)30-26(29)19(2)21-14-13-20-11-9-10-12-22(20)17-21/h9-17,29H,1-8H3/b26-19+. The maximum Gasteiger partial charge on any atom is 0.285 e. The molecular formula is C28H34O2. The molecule has 158 valence electrons. The Morgan fingerprint density at radius 1 is 0.767 bits per heavy atom. The molecule has 0 bridgehead atoms. The molecule has 0 unspecified atom stereocenters. The van der Waals surface area contributed by atoms with E-state index in [1.54, 1.807) is 0 Å². The van der Waals surface area contributed by atoms with Crippen molar-refractivity contribution in [3.63, 3.8) is 0 Å². The number of allylic oxidation sites excluding steroid dienone is 1. The molecule has 0 amide bonds. The lowest BCUT2D eigenvalue weighted by molar-refractivity contribution is 0.205. The van der Waals surface area contributed by atoms with Crippen LogP contribution in [0.2, 0.25) is 0 Å². The molecule has 0 aliphatic rings. The first-order valence-electron chi connectivity index (χ1n) is 10.6. The van der Waals surface area contributed by atoms with Crippen LogP contribution >= 0.6 is 0 Å². The molecule has 0 fully saturated rings. The minimum atomic E-state index is -0.113. The van der Waals surface area contributed by atoms with Gasteiger partial charge in [0.25, 0.3) is 5.95 Å².